The Kier molecular flexibility index (Phi) is 1.89. The van der Waals surface area contributed by atoms with Crippen LogP contribution in [0.3, 0.4) is 0 Å². The second-order valence-corrected chi connectivity index (χ2v) is 3.44. The lowest BCUT2D eigenvalue weighted by Crippen LogP contribution is -1.95. The Morgan fingerprint density at radius 3 is 2.94 bits per heavy atom. The number of hydrogen-bond acceptors (Lipinski definition) is 4. The average Bonchev–Trinajstić information content (AvgIpc) is 2.70. The molecule has 0 spiro atoms. The van der Waals surface area contributed by atoms with Gasteiger partial charge in [0.25, 0.3) is 5.78 Å². The third-order valence-corrected chi connectivity index (χ3v) is 2.30. The molecule has 3 aromatic heterocycles. The van der Waals surface area contributed by atoms with Crippen LogP contribution in [0.2, 0.25) is 0 Å². The molecule has 0 aliphatic heterocycles. The summed E-state index contributed by atoms with van der Waals surface area (Å²) >= 11 is 0. The highest BCUT2D eigenvalue weighted by Crippen LogP contribution is 2.17. The Labute approximate surface area is 91.8 Å². The molecule has 3 aromatic rings. The predicted octanol–water partition coefficient (Wildman–Crippen LogP) is 1.49. The molecule has 3 rings (SSSR count). The summed E-state index contributed by atoms with van der Waals surface area (Å²) in [5.74, 6) is 1.32. The van der Waals surface area contributed by atoms with Gasteiger partial charge >= 0.3 is 0 Å². The number of pyridine rings is 1. The summed E-state index contributed by atoms with van der Waals surface area (Å²) < 4.78 is 1.73. The zero-order chi connectivity index (χ0) is 11.0. The first-order valence-electron chi connectivity index (χ1n) is 4.93. The standard InChI is InChI=1S/C11H9N5/c1-8-14-11-13-6-4-10(16(11)15-8)9-3-2-5-12-7-9/h2-7H,1H3. The Balaban J connectivity index is 2.31. The van der Waals surface area contributed by atoms with Crippen LogP contribution < -0.4 is 0 Å². The number of nitrogens with zero attached hydrogens (tertiary/aromatic N) is 5. The largest absolute Gasteiger partial charge is 0.264 e. The van der Waals surface area contributed by atoms with E-state index in [1.807, 2.05) is 25.1 Å². The number of aryl methyl sites for hydroxylation is 1. The minimum absolute atomic E-state index is 0.610. The maximum absolute atomic E-state index is 4.30. The Bertz CT molecular complexity index is 629. The molecular formula is C11H9N5. The van der Waals surface area contributed by atoms with E-state index in [-0.39, 0.29) is 0 Å². The molecule has 0 aliphatic carbocycles. The van der Waals surface area contributed by atoms with E-state index in [0.717, 1.165) is 11.3 Å². The maximum atomic E-state index is 4.30. The maximum Gasteiger partial charge on any atom is 0.252 e. The molecule has 0 atom stereocenters. The average molecular weight is 211 g/mol. The van der Waals surface area contributed by atoms with Crippen molar-refractivity contribution in [3.05, 3.63) is 42.6 Å². The topological polar surface area (TPSA) is 56.0 Å². The predicted molar refractivity (Wildman–Crippen MR) is 58.8 cm³/mol. The first-order valence-corrected chi connectivity index (χ1v) is 4.93. The molecule has 5 nitrogen and oxygen atoms in total. The van der Waals surface area contributed by atoms with Gasteiger partial charge in [0.1, 0.15) is 5.82 Å². The van der Waals surface area contributed by atoms with Crippen LogP contribution >= 0.6 is 0 Å². The fourth-order valence-electron chi connectivity index (χ4n) is 1.63. The van der Waals surface area contributed by atoms with E-state index in [4.69, 9.17) is 0 Å². The van der Waals surface area contributed by atoms with E-state index in [2.05, 4.69) is 20.1 Å². The van der Waals surface area contributed by atoms with Crippen LogP contribution in [0.4, 0.5) is 0 Å². The lowest BCUT2D eigenvalue weighted by Gasteiger charge is -2.01. The van der Waals surface area contributed by atoms with E-state index in [1.165, 1.54) is 0 Å². The summed E-state index contributed by atoms with van der Waals surface area (Å²) in [6.45, 7) is 1.85. The normalized spacial score (nSPS) is 10.8. The van der Waals surface area contributed by atoms with Gasteiger partial charge in [-0.3, -0.25) is 4.98 Å². The van der Waals surface area contributed by atoms with Crippen LogP contribution in [0.1, 0.15) is 5.82 Å². The molecule has 0 fully saturated rings. The molecule has 0 aliphatic rings. The van der Waals surface area contributed by atoms with Crippen molar-refractivity contribution in [2.45, 2.75) is 6.92 Å². The molecule has 0 bridgehead atoms. The quantitative estimate of drug-likeness (QED) is 0.612. The van der Waals surface area contributed by atoms with Crippen LogP contribution in [0.15, 0.2) is 36.8 Å². The van der Waals surface area contributed by atoms with Crippen molar-refractivity contribution < 1.29 is 0 Å². The number of fused-ring (bicyclic) bond motifs is 1. The summed E-state index contributed by atoms with van der Waals surface area (Å²) in [4.78, 5) is 12.5. The number of hydrogen-bond donors (Lipinski definition) is 0. The van der Waals surface area contributed by atoms with Gasteiger partial charge < -0.3 is 0 Å². The third-order valence-electron chi connectivity index (χ3n) is 2.30. The zero-order valence-electron chi connectivity index (χ0n) is 8.70. The highest BCUT2D eigenvalue weighted by atomic mass is 15.3. The fraction of sp³-hybridized carbons (Fsp3) is 0.0909. The number of rotatable bonds is 1. The van der Waals surface area contributed by atoms with Gasteiger partial charge in [-0.25, -0.2) is 4.98 Å². The molecule has 5 heteroatoms. The van der Waals surface area contributed by atoms with Crippen LogP contribution in [0, 0.1) is 6.92 Å². The van der Waals surface area contributed by atoms with Crippen molar-refractivity contribution in [3.63, 3.8) is 0 Å². The van der Waals surface area contributed by atoms with Crippen LogP contribution in [-0.2, 0) is 0 Å². The van der Waals surface area contributed by atoms with Gasteiger partial charge in [-0.15, -0.1) is 5.10 Å². The molecule has 0 saturated heterocycles. The van der Waals surface area contributed by atoms with Gasteiger partial charge in [0.05, 0.1) is 5.69 Å². The van der Waals surface area contributed by atoms with Gasteiger partial charge in [0.15, 0.2) is 0 Å². The highest BCUT2D eigenvalue weighted by molar-refractivity contribution is 5.59. The molecule has 16 heavy (non-hydrogen) atoms. The zero-order valence-corrected chi connectivity index (χ0v) is 8.70. The minimum atomic E-state index is 0.610. The molecule has 0 amide bonds. The Morgan fingerprint density at radius 2 is 2.12 bits per heavy atom. The van der Waals surface area contributed by atoms with Crippen molar-refractivity contribution in [2.24, 2.45) is 0 Å². The first-order chi connectivity index (χ1) is 7.84. The first kappa shape index (κ1) is 8.96. The SMILES string of the molecule is Cc1nc2nccc(-c3cccnc3)n2n1. The molecule has 78 valence electrons. The summed E-state index contributed by atoms with van der Waals surface area (Å²) in [6.07, 6.45) is 5.27. The van der Waals surface area contributed by atoms with Crippen LogP contribution in [-0.4, -0.2) is 24.6 Å². The van der Waals surface area contributed by atoms with Crippen molar-refractivity contribution in [1.82, 2.24) is 24.6 Å². The molecule has 0 saturated carbocycles. The minimum Gasteiger partial charge on any atom is -0.264 e. The second-order valence-electron chi connectivity index (χ2n) is 3.44. The van der Waals surface area contributed by atoms with Gasteiger partial charge in [0.2, 0.25) is 0 Å². The highest BCUT2D eigenvalue weighted by Gasteiger charge is 2.06. The Hall–Kier alpha value is -2.30. The van der Waals surface area contributed by atoms with E-state index < -0.39 is 0 Å². The van der Waals surface area contributed by atoms with E-state index in [0.29, 0.717) is 11.6 Å². The summed E-state index contributed by atoms with van der Waals surface area (Å²) in [5.41, 5.74) is 1.94. The lowest BCUT2D eigenvalue weighted by molar-refractivity contribution is 0.923. The third kappa shape index (κ3) is 1.33. The second kappa shape index (κ2) is 3.37. The molecule has 0 unspecified atom stereocenters. The fourth-order valence-corrected chi connectivity index (χ4v) is 1.63. The van der Waals surface area contributed by atoms with Gasteiger partial charge in [-0.2, -0.15) is 9.50 Å². The molecule has 0 radical (unpaired) electrons. The van der Waals surface area contributed by atoms with Crippen molar-refractivity contribution in [3.8, 4) is 11.3 Å². The lowest BCUT2D eigenvalue weighted by atomic mass is 10.2. The van der Waals surface area contributed by atoms with Crippen molar-refractivity contribution >= 4 is 5.78 Å². The van der Waals surface area contributed by atoms with Gasteiger partial charge in [-0.1, -0.05) is 0 Å². The smallest absolute Gasteiger partial charge is 0.252 e. The van der Waals surface area contributed by atoms with E-state index in [1.54, 1.807) is 23.1 Å². The summed E-state index contributed by atoms with van der Waals surface area (Å²) in [6, 6.07) is 5.78. The molecular weight excluding hydrogens is 202 g/mol. The van der Waals surface area contributed by atoms with Gasteiger partial charge in [0, 0.05) is 24.2 Å². The van der Waals surface area contributed by atoms with Crippen molar-refractivity contribution in [2.75, 3.05) is 0 Å². The molecule has 3 heterocycles. The molecule has 0 aromatic carbocycles. The molecule has 0 N–H and O–H groups in total. The Morgan fingerprint density at radius 1 is 1.19 bits per heavy atom. The summed E-state index contributed by atoms with van der Waals surface area (Å²) in [5, 5.41) is 4.30. The van der Waals surface area contributed by atoms with E-state index in [9.17, 15) is 0 Å². The van der Waals surface area contributed by atoms with Gasteiger partial charge in [-0.05, 0) is 25.1 Å². The number of aromatic nitrogens is 5. The monoisotopic (exact) mass is 211 g/mol. The van der Waals surface area contributed by atoms with E-state index >= 15 is 0 Å². The van der Waals surface area contributed by atoms with Crippen molar-refractivity contribution in [1.29, 1.82) is 0 Å². The van der Waals surface area contributed by atoms with Crippen LogP contribution in [0.5, 0.6) is 0 Å². The summed E-state index contributed by atoms with van der Waals surface area (Å²) in [7, 11) is 0. The van der Waals surface area contributed by atoms with Crippen LogP contribution in [0.25, 0.3) is 17.0 Å².